The molecule has 1 aromatic carbocycles. The molecule has 0 aliphatic heterocycles. The van der Waals surface area contributed by atoms with Gasteiger partial charge in [-0.3, -0.25) is 0 Å². The average Bonchev–Trinajstić information content (AvgIpc) is 2.78. The van der Waals surface area contributed by atoms with Crippen LogP contribution < -0.4 is 4.74 Å². The molecule has 0 fully saturated rings. The van der Waals surface area contributed by atoms with Gasteiger partial charge in [-0.15, -0.1) is 0 Å². The Balaban J connectivity index is 2.71. The van der Waals surface area contributed by atoms with Crippen LogP contribution in [0.2, 0.25) is 0 Å². The summed E-state index contributed by atoms with van der Waals surface area (Å²) in [6.07, 6.45) is 0. The normalized spacial score (nSPS) is 10.8. The predicted molar refractivity (Wildman–Crippen MR) is 72.8 cm³/mol. The first kappa shape index (κ1) is 13.9. The maximum Gasteiger partial charge on any atom is 0.343 e. The number of carboxylic acid groups (broad SMARTS) is 1. The lowest BCUT2D eigenvalue weighted by Gasteiger charge is -2.06. The van der Waals surface area contributed by atoms with Crippen LogP contribution in [0.1, 0.15) is 35.8 Å². The average molecular weight is 276 g/mol. The Labute approximate surface area is 116 Å². The van der Waals surface area contributed by atoms with Crippen molar-refractivity contribution in [1.82, 2.24) is 9.78 Å². The van der Waals surface area contributed by atoms with Crippen LogP contribution in [0.25, 0.3) is 5.69 Å². The van der Waals surface area contributed by atoms with Gasteiger partial charge in [0.1, 0.15) is 11.3 Å². The van der Waals surface area contributed by atoms with E-state index in [-0.39, 0.29) is 23.1 Å². The van der Waals surface area contributed by atoms with Gasteiger partial charge in [0.05, 0.1) is 18.5 Å². The molecule has 0 atom stereocenters. The topological polar surface area (TPSA) is 84.6 Å². The van der Waals surface area contributed by atoms with E-state index >= 15 is 0 Å². The number of aromatic nitrogens is 2. The Kier molecular flexibility index (Phi) is 3.65. The van der Waals surface area contributed by atoms with Crippen molar-refractivity contribution in [3.8, 4) is 17.3 Å². The number of methoxy groups -OCH3 is 1. The molecule has 6 nitrogen and oxygen atoms in total. The van der Waals surface area contributed by atoms with Gasteiger partial charge >= 0.3 is 5.97 Å². The molecule has 2 aromatic rings. The Morgan fingerprint density at radius 1 is 1.40 bits per heavy atom. The summed E-state index contributed by atoms with van der Waals surface area (Å²) in [5.74, 6) is -0.930. The molecular formula is C14H16N2O4. The fourth-order valence-corrected chi connectivity index (χ4v) is 2.01. The van der Waals surface area contributed by atoms with Gasteiger partial charge in [-0.1, -0.05) is 19.9 Å². The molecule has 1 heterocycles. The van der Waals surface area contributed by atoms with Crippen LogP contribution >= 0.6 is 0 Å². The molecule has 1 aromatic heterocycles. The summed E-state index contributed by atoms with van der Waals surface area (Å²) in [6, 6.07) is 6.39. The molecule has 0 radical (unpaired) electrons. The van der Waals surface area contributed by atoms with E-state index in [0.717, 1.165) is 0 Å². The second-order valence-electron chi connectivity index (χ2n) is 4.66. The first-order chi connectivity index (χ1) is 9.45. The van der Waals surface area contributed by atoms with Crippen LogP contribution in [-0.4, -0.2) is 33.1 Å². The van der Waals surface area contributed by atoms with E-state index in [0.29, 0.717) is 11.4 Å². The Bertz CT molecular complexity index is 647. The molecule has 0 unspecified atom stereocenters. The molecular weight excluding hydrogens is 260 g/mol. The predicted octanol–water partition coefficient (Wildman–Crippen LogP) is 2.41. The first-order valence-corrected chi connectivity index (χ1v) is 6.15. The van der Waals surface area contributed by atoms with Gasteiger partial charge in [0.2, 0.25) is 5.88 Å². The third-order valence-electron chi connectivity index (χ3n) is 2.90. The summed E-state index contributed by atoms with van der Waals surface area (Å²) in [5.41, 5.74) is 1.03. The molecule has 0 aliphatic carbocycles. The molecule has 6 heteroatoms. The summed E-state index contributed by atoms with van der Waals surface area (Å²) in [6.45, 7) is 3.72. The standard InChI is InChI=1S/C14H16N2O4/c1-8(2)12-11(14(18)19)13(20-3)16(15-12)9-5-4-6-10(17)7-9/h4-8,17H,1-3H3,(H,18,19). The van der Waals surface area contributed by atoms with E-state index < -0.39 is 5.97 Å². The zero-order valence-corrected chi connectivity index (χ0v) is 11.5. The molecule has 2 rings (SSSR count). The van der Waals surface area contributed by atoms with E-state index in [4.69, 9.17) is 4.74 Å². The van der Waals surface area contributed by atoms with Gasteiger partial charge < -0.3 is 14.9 Å². The molecule has 0 bridgehead atoms. The Morgan fingerprint density at radius 2 is 2.10 bits per heavy atom. The third kappa shape index (κ3) is 2.32. The second kappa shape index (κ2) is 5.24. The first-order valence-electron chi connectivity index (χ1n) is 6.15. The van der Waals surface area contributed by atoms with Crippen molar-refractivity contribution in [2.45, 2.75) is 19.8 Å². The van der Waals surface area contributed by atoms with Gasteiger partial charge in [-0.05, 0) is 18.1 Å². The molecule has 106 valence electrons. The SMILES string of the molecule is COc1c(C(=O)O)c(C(C)C)nn1-c1cccc(O)c1. The molecule has 0 amide bonds. The zero-order valence-electron chi connectivity index (χ0n) is 11.5. The van der Waals surface area contributed by atoms with Crippen molar-refractivity contribution >= 4 is 5.97 Å². The highest BCUT2D eigenvalue weighted by atomic mass is 16.5. The van der Waals surface area contributed by atoms with Gasteiger partial charge in [0, 0.05) is 6.07 Å². The van der Waals surface area contributed by atoms with E-state index in [1.54, 1.807) is 12.1 Å². The summed E-state index contributed by atoms with van der Waals surface area (Å²) >= 11 is 0. The Morgan fingerprint density at radius 3 is 2.60 bits per heavy atom. The maximum absolute atomic E-state index is 11.4. The lowest BCUT2D eigenvalue weighted by atomic mass is 10.1. The highest BCUT2D eigenvalue weighted by molar-refractivity contribution is 5.92. The fourth-order valence-electron chi connectivity index (χ4n) is 2.01. The highest BCUT2D eigenvalue weighted by Gasteiger charge is 2.26. The van der Waals surface area contributed by atoms with Crippen LogP contribution in [0.3, 0.4) is 0 Å². The number of phenolic OH excluding ortho intramolecular Hbond substituents is 1. The minimum atomic E-state index is -1.09. The van der Waals surface area contributed by atoms with Crippen molar-refractivity contribution in [3.63, 3.8) is 0 Å². The number of hydrogen-bond donors (Lipinski definition) is 2. The molecule has 20 heavy (non-hydrogen) atoms. The van der Waals surface area contributed by atoms with E-state index in [1.165, 1.54) is 23.9 Å². The van der Waals surface area contributed by atoms with Crippen molar-refractivity contribution in [3.05, 3.63) is 35.5 Å². The van der Waals surface area contributed by atoms with Crippen molar-refractivity contribution in [2.75, 3.05) is 7.11 Å². The molecule has 0 saturated heterocycles. The lowest BCUT2D eigenvalue weighted by Crippen LogP contribution is -2.04. The Hall–Kier alpha value is -2.50. The minimum absolute atomic E-state index is 0.0471. The number of benzene rings is 1. The van der Waals surface area contributed by atoms with Gasteiger partial charge in [-0.2, -0.15) is 9.78 Å². The molecule has 0 saturated carbocycles. The number of ether oxygens (including phenoxy) is 1. The minimum Gasteiger partial charge on any atom is -0.508 e. The van der Waals surface area contributed by atoms with Crippen LogP contribution in [0, 0.1) is 0 Å². The summed E-state index contributed by atoms with van der Waals surface area (Å²) in [7, 11) is 1.40. The molecule has 2 N–H and O–H groups in total. The number of aromatic hydroxyl groups is 1. The number of aromatic carboxylic acids is 1. The van der Waals surface area contributed by atoms with Crippen molar-refractivity contribution in [1.29, 1.82) is 0 Å². The lowest BCUT2D eigenvalue weighted by molar-refractivity contribution is 0.0691. The van der Waals surface area contributed by atoms with Crippen LogP contribution in [0.4, 0.5) is 0 Å². The van der Waals surface area contributed by atoms with Crippen LogP contribution in [0.15, 0.2) is 24.3 Å². The second-order valence-corrected chi connectivity index (χ2v) is 4.66. The number of carboxylic acids is 1. The number of rotatable bonds is 4. The van der Waals surface area contributed by atoms with Crippen molar-refractivity contribution < 1.29 is 19.7 Å². The number of carbonyl (C=O) groups is 1. The number of phenols is 1. The summed E-state index contributed by atoms with van der Waals surface area (Å²) in [5, 5.41) is 23.2. The molecule has 0 spiro atoms. The zero-order chi connectivity index (χ0) is 14.9. The summed E-state index contributed by atoms with van der Waals surface area (Å²) in [4.78, 5) is 11.4. The van der Waals surface area contributed by atoms with Gasteiger partial charge in [-0.25, -0.2) is 4.79 Å². The van der Waals surface area contributed by atoms with Gasteiger partial charge in [0.15, 0.2) is 0 Å². The third-order valence-corrected chi connectivity index (χ3v) is 2.90. The van der Waals surface area contributed by atoms with Gasteiger partial charge in [0.25, 0.3) is 0 Å². The maximum atomic E-state index is 11.4. The number of nitrogens with zero attached hydrogens (tertiary/aromatic N) is 2. The summed E-state index contributed by atoms with van der Waals surface area (Å²) < 4.78 is 6.59. The smallest absolute Gasteiger partial charge is 0.343 e. The fraction of sp³-hybridized carbons (Fsp3) is 0.286. The van der Waals surface area contributed by atoms with Crippen LogP contribution in [-0.2, 0) is 0 Å². The quantitative estimate of drug-likeness (QED) is 0.895. The molecule has 0 aliphatic rings. The number of hydrogen-bond acceptors (Lipinski definition) is 4. The van der Waals surface area contributed by atoms with E-state index in [9.17, 15) is 15.0 Å². The largest absolute Gasteiger partial charge is 0.508 e. The van der Waals surface area contributed by atoms with Crippen molar-refractivity contribution in [2.24, 2.45) is 0 Å². The monoisotopic (exact) mass is 276 g/mol. The van der Waals surface area contributed by atoms with E-state index in [2.05, 4.69) is 5.10 Å². The van der Waals surface area contributed by atoms with E-state index in [1.807, 2.05) is 13.8 Å². The highest BCUT2D eigenvalue weighted by Crippen LogP contribution is 2.31. The van der Waals surface area contributed by atoms with Crippen LogP contribution in [0.5, 0.6) is 11.6 Å².